The zero-order valence-corrected chi connectivity index (χ0v) is 13.0. The van der Waals surface area contributed by atoms with Crippen LogP contribution in [0.4, 0.5) is 5.69 Å². The summed E-state index contributed by atoms with van der Waals surface area (Å²) in [6.07, 6.45) is 1.76. The maximum atomic E-state index is 12.5. The quantitative estimate of drug-likeness (QED) is 0.889. The summed E-state index contributed by atoms with van der Waals surface area (Å²) in [4.78, 5) is 11.3. The molecule has 0 radical (unpaired) electrons. The van der Waals surface area contributed by atoms with Gasteiger partial charge >= 0.3 is 16.2 Å². The molecule has 1 atom stereocenters. The average Bonchev–Trinajstić information content (AvgIpc) is 2.42. The highest BCUT2D eigenvalue weighted by Crippen LogP contribution is 2.24. The van der Waals surface area contributed by atoms with E-state index in [1.807, 2.05) is 26.0 Å². The van der Waals surface area contributed by atoms with Crippen LogP contribution in [0.25, 0.3) is 0 Å². The molecule has 1 fully saturated rings. The van der Waals surface area contributed by atoms with Crippen LogP contribution in [0.15, 0.2) is 18.2 Å². The van der Waals surface area contributed by atoms with Crippen molar-refractivity contribution in [3.63, 3.8) is 0 Å². The van der Waals surface area contributed by atoms with Gasteiger partial charge in [0.2, 0.25) is 0 Å². The highest BCUT2D eigenvalue weighted by Gasteiger charge is 2.36. The van der Waals surface area contributed by atoms with Crippen LogP contribution in [0.2, 0.25) is 0 Å². The first-order chi connectivity index (χ1) is 9.81. The van der Waals surface area contributed by atoms with Gasteiger partial charge in [-0.3, -0.25) is 9.52 Å². The monoisotopic (exact) mass is 312 g/mol. The van der Waals surface area contributed by atoms with Gasteiger partial charge in [-0.25, -0.2) is 0 Å². The molecule has 0 saturated carbocycles. The molecule has 2 N–H and O–H groups in total. The summed E-state index contributed by atoms with van der Waals surface area (Å²) < 4.78 is 28.5. The molecular weight excluding hydrogens is 292 g/mol. The zero-order valence-electron chi connectivity index (χ0n) is 12.2. The van der Waals surface area contributed by atoms with Gasteiger partial charge < -0.3 is 5.11 Å². The molecular formula is C14H20N2O4S. The minimum absolute atomic E-state index is 0.233. The van der Waals surface area contributed by atoms with Crippen LogP contribution >= 0.6 is 0 Å². The van der Waals surface area contributed by atoms with Crippen molar-refractivity contribution in [3.05, 3.63) is 29.3 Å². The second-order valence-corrected chi connectivity index (χ2v) is 7.01. The molecule has 0 bridgehead atoms. The van der Waals surface area contributed by atoms with Gasteiger partial charge in [0.1, 0.15) is 6.04 Å². The van der Waals surface area contributed by atoms with Gasteiger partial charge in [0.15, 0.2) is 0 Å². The van der Waals surface area contributed by atoms with Crippen molar-refractivity contribution in [3.8, 4) is 0 Å². The number of aliphatic carboxylic acids is 1. The number of nitrogens with one attached hydrogen (secondary N) is 1. The summed E-state index contributed by atoms with van der Waals surface area (Å²) in [6.45, 7) is 3.91. The number of aryl methyl sites for hydroxylation is 2. The summed E-state index contributed by atoms with van der Waals surface area (Å²) in [5.41, 5.74) is 2.23. The van der Waals surface area contributed by atoms with Crippen LogP contribution in [0.1, 0.15) is 30.4 Å². The maximum absolute atomic E-state index is 12.5. The number of piperidine rings is 1. The first kappa shape index (κ1) is 15.8. The number of anilines is 1. The van der Waals surface area contributed by atoms with E-state index < -0.39 is 22.2 Å². The molecule has 1 aromatic carbocycles. The predicted octanol–water partition coefficient (Wildman–Crippen LogP) is 1.90. The van der Waals surface area contributed by atoms with E-state index in [2.05, 4.69) is 4.72 Å². The predicted molar refractivity (Wildman–Crippen MR) is 80.4 cm³/mol. The van der Waals surface area contributed by atoms with Gasteiger partial charge in [0, 0.05) is 6.54 Å². The Morgan fingerprint density at radius 2 is 2.05 bits per heavy atom. The Morgan fingerprint density at radius 3 is 2.71 bits per heavy atom. The zero-order chi connectivity index (χ0) is 15.6. The van der Waals surface area contributed by atoms with Crippen LogP contribution in [-0.2, 0) is 15.0 Å². The molecule has 1 aliphatic heterocycles. The number of hydrogen-bond acceptors (Lipinski definition) is 3. The van der Waals surface area contributed by atoms with Crippen molar-refractivity contribution < 1.29 is 18.3 Å². The third kappa shape index (κ3) is 3.54. The van der Waals surface area contributed by atoms with Gasteiger partial charge in [0.25, 0.3) is 0 Å². The smallest absolute Gasteiger partial charge is 0.322 e. The lowest BCUT2D eigenvalue weighted by Gasteiger charge is -2.32. The molecule has 0 aliphatic carbocycles. The number of carbonyl (C=O) groups is 1. The number of nitrogens with zero attached hydrogens (tertiary/aromatic N) is 1. The average molecular weight is 312 g/mol. The van der Waals surface area contributed by atoms with Crippen LogP contribution in [0.3, 0.4) is 0 Å². The molecule has 0 aromatic heterocycles. The molecule has 21 heavy (non-hydrogen) atoms. The lowest BCUT2D eigenvalue weighted by molar-refractivity contribution is -0.142. The number of rotatable bonds is 4. The summed E-state index contributed by atoms with van der Waals surface area (Å²) in [5.74, 6) is -1.10. The Labute approximate surface area is 125 Å². The van der Waals surface area contributed by atoms with E-state index >= 15 is 0 Å². The largest absolute Gasteiger partial charge is 0.480 e. The first-order valence-electron chi connectivity index (χ1n) is 6.91. The second-order valence-electron chi connectivity index (χ2n) is 5.39. The summed E-state index contributed by atoms with van der Waals surface area (Å²) in [7, 11) is -3.87. The molecule has 1 unspecified atom stereocenters. The van der Waals surface area contributed by atoms with Crippen LogP contribution < -0.4 is 4.72 Å². The van der Waals surface area contributed by atoms with E-state index in [0.29, 0.717) is 18.5 Å². The fraction of sp³-hybridized carbons (Fsp3) is 0.500. The van der Waals surface area contributed by atoms with Gasteiger partial charge in [-0.2, -0.15) is 12.7 Å². The molecule has 0 spiro atoms. The van der Waals surface area contributed by atoms with Crippen molar-refractivity contribution in [2.24, 2.45) is 0 Å². The Morgan fingerprint density at radius 1 is 1.33 bits per heavy atom. The SMILES string of the molecule is Cc1ccc(C)c(NS(=O)(=O)N2CCCCC2C(=O)O)c1. The molecule has 2 rings (SSSR count). The molecule has 1 saturated heterocycles. The van der Waals surface area contributed by atoms with E-state index in [9.17, 15) is 18.3 Å². The molecule has 1 aliphatic rings. The number of carboxylic acids is 1. The van der Waals surface area contributed by atoms with E-state index in [-0.39, 0.29) is 6.54 Å². The molecule has 0 amide bonds. The lowest BCUT2D eigenvalue weighted by Crippen LogP contribution is -2.50. The van der Waals surface area contributed by atoms with Crippen LogP contribution in [0, 0.1) is 13.8 Å². The number of carboxylic acid groups (broad SMARTS) is 1. The second kappa shape index (κ2) is 6.03. The van der Waals surface area contributed by atoms with E-state index in [4.69, 9.17) is 0 Å². The van der Waals surface area contributed by atoms with Gasteiger partial charge in [-0.05, 0) is 50.3 Å². The molecule has 116 valence electrons. The fourth-order valence-corrected chi connectivity index (χ4v) is 4.00. The van der Waals surface area contributed by atoms with Gasteiger partial charge in [-0.15, -0.1) is 0 Å². The Bertz CT molecular complexity index is 642. The molecule has 6 nitrogen and oxygen atoms in total. The summed E-state index contributed by atoms with van der Waals surface area (Å²) >= 11 is 0. The van der Waals surface area contributed by atoms with Crippen LogP contribution in [-0.4, -0.2) is 36.4 Å². The normalized spacial score (nSPS) is 20.2. The van der Waals surface area contributed by atoms with Crippen molar-refractivity contribution in [1.29, 1.82) is 0 Å². The van der Waals surface area contributed by atoms with Crippen LogP contribution in [0.5, 0.6) is 0 Å². The highest BCUT2D eigenvalue weighted by molar-refractivity contribution is 7.90. The lowest BCUT2D eigenvalue weighted by atomic mass is 10.1. The van der Waals surface area contributed by atoms with Gasteiger partial charge in [0.05, 0.1) is 5.69 Å². The minimum atomic E-state index is -3.87. The first-order valence-corrected chi connectivity index (χ1v) is 8.35. The molecule has 1 aromatic rings. The van der Waals surface area contributed by atoms with Crippen molar-refractivity contribution in [2.45, 2.75) is 39.2 Å². The topological polar surface area (TPSA) is 86.7 Å². The van der Waals surface area contributed by atoms with Crippen molar-refractivity contribution in [1.82, 2.24) is 4.31 Å². The number of hydrogen-bond donors (Lipinski definition) is 2. The van der Waals surface area contributed by atoms with E-state index in [1.165, 1.54) is 0 Å². The minimum Gasteiger partial charge on any atom is -0.480 e. The Hall–Kier alpha value is -1.60. The third-order valence-electron chi connectivity index (χ3n) is 3.68. The molecule has 1 heterocycles. The fourth-order valence-electron chi connectivity index (χ4n) is 2.48. The van der Waals surface area contributed by atoms with E-state index in [0.717, 1.165) is 21.9 Å². The number of benzene rings is 1. The van der Waals surface area contributed by atoms with E-state index in [1.54, 1.807) is 6.07 Å². The maximum Gasteiger partial charge on any atom is 0.322 e. The third-order valence-corrected chi connectivity index (χ3v) is 5.21. The standard InChI is InChI=1S/C14H20N2O4S/c1-10-6-7-11(2)12(9-10)15-21(19,20)16-8-4-3-5-13(16)14(17)18/h6-7,9,13,15H,3-5,8H2,1-2H3,(H,17,18). The van der Waals surface area contributed by atoms with Crippen molar-refractivity contribution in [2.75, 3.05) is 11.3 Å². The van der Waals surface area contributed by atoms with Crippen molar-refractivity contribution >= 4 is 21.9 Å². The summed E-state index contributed by atoms with van der Waals surface area (Å²) in [6, 6.07) is 4.49. The summed E-state index contributed by atoms with van der Waals surface area (Å²) in [5, 5.41) is 9.20. The van der Waals surface area contributed by atoms with Gasteiger partial charge in [-0.1, -0.05) is 12.1 Å². The highest BCUT2D eigenvalue weighted by atomic mass is 32.2. The Balaban J connectivity index is 2.28. The Kier molecular flexibility index (Phi) is 4.53. The molecule has 7 heteroatoms.